The zero-order chi connectivity index (χ0) is 31.3. The van der Waals surface area contributed by atoms with Gasteiger partial charge in [-0.3, -0.25) is 19.2 Å². The lowest BCUT2D eigenvalue weighted by Gasteiger charge is -2.67. The Bertz CT molecular complexity index is 1200. The molecule has 0 aromatic carbocycles. The van der Waals surface area contributed by atoms with Crippen molar-refractivity contribution in [2.45, 2.75) is 96.1 Å². The summed E-state index contributed by atoms with van der Waals surface area (Å²) in [6.07, 6.45) is 2.28. The van der Waals surface area contributed by atoms with Crippen molar-refractivity contribution in [3.63, 3.8) is 0 Å². The first-order valence-electron chi connectivity index (χ1n) is 14.7. The molecule has 2 unspecified atom stereocenters. The van der Waals surface area contributed by atoms with Crippen molar-refractivity contribution < 1.29 is 53.5 Å². The first kappa shape index (κ1) is 32.4. The summed E-state index contributed by atoms with van der Waals surface area (Å²) >= 11 is 0. The third kappa shape index (κ3) is 4.67. The van der Waals surface area contributed by atoms with Gasteiger partial charge in [-0.05, 0) is 63.0 Å². The highest BCUT2D eigenvalue weighted by Crippen LogP contribution is 2.75. The van der Waals surface area contributed by atoms with Crippen LogP contribution >= 0.6 is 0 Å². The van der Waals surface area contributed by atoms with E-state index in [1.165, 1.54) is 12.2 Å². The van der Waals surface area contributed by atoms with Crippen LogP contribution in [0.4, 0.5) is 4.39 Å². The number of halogens is 1. The summed E-state index contributed by atoms with van der Waals surface area (Å²) in [5, 5.41) is 41.6. The van der Waals surface area contributed by atoms with E-state index in [0.717, 1.165) is 0 Å². The number of hydrogen-bond acceptors (Lipinski definition) is 10. The van der Waals surface area contributed by atoms with Crippen LogP contribution in [0.25, 0.3) is 0 Å². The molecule has 3 saturated carbocycles. The van der Waals surface area contributed by atoms with Gasteiger partial charge in [-0.15, -0.1) is 0 Å². The van der Waals surface area contributed by atoms with Gasteiger partial charge >= 0.3 is 11.9 Å². The lowest BCUT2D eigenvalue weighted by atomic mass is 9.39. The number of allylic oxidation sites excluding steroid dienone is 4. The molecule has 4 aliphatic rings. The van der Waals surface area contributed by atoms with E-state index in [4.69, 9.17) is 14.6 Å². The van der Waals surface area contributed by atoms with Crippen molar-refractivity contribution in [2.75, 3.05) is 19.8 Å². The minimum atomic E-state index is -2.15. The standard InChI is InChI=1S/C31H43FO10/c1-18-12-22-28(3)10-8-19-13-20(34)9-11-27(19,2)31(28,32)23(36)14-29(22,4)30(18,40)24(37)17-42-26(39)7-5-6-25(38)41-16-21(35)15-33/h9,11,13,18,21-23,33,35-36,40H,5-8,10,12,14-17H2,1-4H3/t18-,21?,22+,23+,27+,28?,29+,30+,31+/m1/s1. The van der Waals surface area contributed by atoms with E-state index in [-0.39, 0.29) is 38.1 Å². The number of aliphatic hydroxyl groups excluding tert-OH is 3. The highest BCUT2D eigenvalue weighted by molar-refractivity contribution is 6.01. The van der Waals surface area contributed by atoms with Gasteiger partial charge in [0.2, 0.25) is 5.78 Å². The van der Waals surface area contributed by atoms with Gasteiger partial charge in [-0.1, -0.05) is 32.4 Å². The van der Waals surface area contributed by atoms with Crippen LogP contribution in [0.15, 0.2) is 23.8 Å². The molecule has 0 saturated heterocycles. The van der Waals surface area contributed by atoms with Crippen LogP contribution in [0.2, 0.25) is 0 Å². The molecule has 0 spiro atoms. The maximum atomic E-state index is 17.6. The molecule has 10 nitrogen and oxygen atoms in total. The van der Waals surface area contributed by atoms with Crippen molar-refractivity contribution in [3.05, 3.63) is 23.8 Å². The number of Topliss-reactive ketones (excluding diaryl/α,β-unsaturated/α-hetero) is 1. The van der Waals surface area contributed by atoms with Gasteiger partial charge in [0.15, 0.2) is 18.1 Å². The van der Waals surface area contributed by atoms with Gasteiger partial charge in [-0.2, -0.15) is 0 Å². The Morgan fingerprint density at radius 1 is 1.12 bits per heavy atom. The van der Waals surface area contributed by atoms with Gasteiger partial charge in [0.25, 0.3) is 0 Å². The van der Waals surface area contributed by atoms with E-state index >= 15 is 4.39 Å². The van der Waals surface area contributed by atoms with Gasteiger partial charge in [0, 0.05) is 29.1 Å². The third-order valence-electron chi connectivity index (χ3n) is 11.1. The van der Waals surface area contributed by atoms with Gasteiger partial charge in [0.1, 0.15) is 18.3 Å². The van der Waals surface area contributed by atoms with Crippen LogP contribution in [-0.2, 0) is 28.7 Å². The van der Waals surface area contributed by atoms with Crippen LogP contribution in [0.3, 0.4) is 0 Å². The lowest BCUT2D eigenvalue weighted by molar-refractivity contribution is -0.255. The molecule has 11 heteroatoms. The molecule has 0 aromatic heterocycles. The number of ether oxygens (including phenoxy) is 2. The highest BCUT2D eigenvalue weighted by atomic mass is 19.1. The molecular weight excluding hydrogens is 551 g/mol. The maximum absolute atomic E-state index is 17.6. The fraction of sp³-hybridized carbons (Fsp3) is 0.742. The van der Waals surface area contributed by atoms with Crippen molar-refractivity contribution in [2.24, 2.45) is 28.1 Å². The molecular formula is C31H43FO10. The summed E-state index contributed by atoms with van der Waals surface area (Å²) in [4.78, 5) is 49.7. The molecule has 3 fully saturated rings. The summed E-state index contributed by atoms with van der Waals surface area (Å²) in [5.41, 5.74) is -7.07. The Hall–Kier alpha value is -2.47. The number of esters is 2. The minimum Gasteiger partial charge on any atom is -0.463 e. The monoisotopic (exact) mass is 594 g/mol. The Labute approximate surface area is 245 Å². The number of carbonyl (C=O) groups excluding carboxylic acids is 4. The zero-order valence-electron chi connectivity index (χ0n) is 24.7. The number of ketones is 2. The molecule has 9 atom stereocenters. The Balaban J connectivity index is 1.46. The topological polar surface area (TPSA) is 168 Å². The summed E-state index contributed by atoms with van der Waals surface area (Å²) in [6, 6.07) is 0. The van der Waals surface area contributed by atoms with Crippen molar-refractivity contribution >= 4 is 23.5 Å². The third-order valence-corrected chi connectivity index (χ3v) is 11.1. The van der Waals surface area contributed by atoms with Gasteiger partial charge in [-0.25, -0.2) is 4.39 Å². The SMILES string of the molecule is C[C@@H]1C[C@H]2C3(C)CCC4=CC(=O)C=C[C@]4(C)[C@@]3(F)[C@@H](O)C[C@]2(C)[C@@]1(O)C(=O)COC(=O)CCCC(=O)OCC(O)CO. The predicted octanol–water partition coefficient (Wildman–Crippen LogP) is 1.90. The van der Waals surface area contributed by atoms with Crippen LogP contribution in [0.1, 0.15) is 72.6 Å². The number of fused-ring (bicyclic) bond motifs is 5. The number of hydrogen-bond donors (Lipinski definition) is 4. The first-order chi connectivity index (χ1) is 19.5. The molecule has 0 aliphatic heterocycles. The molecule has 4 rings (SSSR count). The lowest BCUT2D eigenvalue weighted by Crippen LogP contribution is -2.73. The first-order valence-corrected chi connectivity index (χ1v) is 14.7. The quantitative estimate of drug-likeness (QED) is 0.274. The van der Waals surface area contributed by atoms with Crippen LogP contribution < -0.4 is 0 Å². The molecule has 4 aliphatic carbocycles. The Kier molecular flexibility index (Phi) is 8.67. The van der Waals surface area contributed by atoms with E-state index < -0.39 is 82.5 Å². The van der Waals surface area contributed by atoms with Crippen molar-refractivity contribution in [1.29, 1.82) is 0 Å². The molecule has 234 valence electrons. The molecule has 0 radical (unpaired) electrons. The van der Waals surface area contributed by atoms with Crippen LogP contribution in [-0.4, -0.2) is 87.2 Å². The largest absolute Gasteiger partial charge is 0.463 e. The highest BCUT2D eigenvalue weighted by Gasteiger charge is 2.79. The maximum Gasteiger partial charge on any atom is 0.306 e. The van der Waals surface area contributed by atoms with Crippen molar-refractivity contribution in [3.8, 4) is 0 Å². The van der Waals surface area contributed by atoms with E-state index in [1.54, 1.807) is 33.8 Å². The average molecular weight is 595 g/mol. The van der Waals surface area contributed by atoms with E-state index in [2.05, 4.69) is 0 Å². The molecule has 0 aromatic rings. The summed E-state index contributed by atoms with van der Waals surface area (Å²) in [5.74, 6) is -3.45. The Morgan fingerprint density at radius 2 is 1.76 bits per heavy atom. The molecule has 0 heterocycles. The summed E-state index contributed by atoms with van der Waals surface area (Å²) in [7, 11) is 0. The molecule has 42 heavy (non-hydrogen) atoms. The smallest absolute Gasteiger partial charge is 0.306 e. The fourth-order valence-electron chi connectivity index (χ4n) is 8.77. The minimum absolute atomic E-state index is 0.0694. The van der Waals surface area contributed by atoms with Gasteiger partial charge in [0.05, 0.1) is 12.7 Å². The number of aliphatic hydroxyl groups is 4. The second kappa shape index (κ2) is 11.2. The Morgan fingerprint density at radius 3 is 2.40 bits per heavy atom. The second-order valence-corrected chi connectivity index (χ2v) is 13.3. The normalized spacial score (nSPS) is 41.2. The molecule has 0 bridgehead atoms. The average Bonchev–Trinajstić information content (AvgIpc) is 3.15. The second-order valence-electron chi connectivity index (χ2n) is 13.3. The molecule has 0 amide bonds. The molecule has 4 N–H and O–H groups in total. The van der Waals surface area contributed by atoms with Crippen LogP contribution in [0.5, 0.6) is 0 Å². The predicted molar refractivity (Wildman–Crippen MR) is 146 cm³/mol. The number of alkyl halides is 1. The van der Waals surface area contributed by atoms with E-state index in [1.807, 2.05) is 0 Å². The zero-order valence-corrected chi connectivity index (χ0v) is 24.7. The summed E-state index contributed by atoms with van der Waals surface area (Å²) < 4.78 is 27.6. The van der Waals surface area contributed by atoms with E-state index in [9.17, 15) is 34.5 Å². The summed E-state index contributed by atoms with van der Waals surface area (Å²) in [6.45, 7) is 5.28. The van der Waals surface area contributed by atoms with Gasteiger partial charge < -0.3 is 29.9 Å². The number of rotatable bonds is 10. The fourth-order valence-corrected chi connectivity index (χ4v) is 8.77. The van der Waals surface area contributed by atoms with Crippen LogP contribution in [0, 0.1) is 28.1 Å². The van der Waals surface area contributed by atoms with E-state index in [0.29, 0.717) is 24.8 Å². The number of carbonyl (C=O) groups is 4. The van der Waals surface area contributed by atoms with Crippen molar-refractivity contribution in [1.82, 2.24) is 0 Å².